The molecule has 0 fully saturated rings. The molecule has 2 aromatic carbocycles. The average Bonchev–Trinajstić information content (AvgIpc) is 2.54. The number of hydrogen-bond acceptors (Lipinski definition) is 5. The Labute approximate surface area is 132 Å². The van der Waals surface area contributed by atoms with Gasteiger partial charge in [-0.05, 0) is 42.5 Å². The molecule has 0 radical (unpaired) electrons. The highest BCUT2D eigenvalue weighted by atomic mass is 32.2. The van der Waals surface area contributed by atoms with Crippen molar-refractivity contribution in [2.24, 2.45) is 0 Å². The summed E-state index contributed by atoms with van der Waals surface area (Å²) in [6, 6.07) is 9.02. The van der Waals surface area contributed by atoms with Crippen LogP contribution < -0.4 is 9.46 Å². The Morgan fingerprint density at radius 1 is 1.09 bits per heavy atom. The van der Waals surface area contributed by atoms with Crippen molar-refractivity contribution >= 4 is 21.7 Å². The van der Waals surface area contributed by atoms with Gasteiger partial charge >= 0.3 is 5.97 Å². The molecule has 8 heteroatoms. The maximum absolute atomic E-state index is 13.9. The number of nitrogens with one attached hydrogen (secondary N) is 1. The largest absolute Gasteiger partial charge is 0.497 e. The number of methoxy groups -OCH3 is 2. The topological polar surface area (TPSA) is 81.7 Å². The summed E-state index contributed by atoms with van der Waals surface area (Å²) in [5, 5.41) is 0. The van der Waals surface area contributed by atoms with Gasteiger partial charge in [0, 0.05) is 5.69 Å². The molecule has 2 rings (SSSR count). The molecule has 2 aromatic rings. The van der Waals surface area contributed by atoms with E-state index < -0.39 is 26.7 Å². The normalized spacial score (nSPS) is 10.9. The first-order valence-corrected chi connectivity index (χ1v) is 7.90. The third-order valence-corrected chi connectivity index (χ3v) is 4.38. The fraction of sp³-hybridized carbons (Fsp3) is 0.133. The second-order valence-corrected chi connectivity index (χ2v) is 6.12. The average molecular weight is 339 g/mol. The monoisotopic (exact) mass is 339 g/mol. The number of esters is 1. The molecule has 0 aromatic heterocycles. The van der Waals surface area contributed by atoms with Crippen molar-refractivity contribution in [3.63, 3.8) is 0 Å². The van der Waals surface area contributed by atoms with Crippen molar-refractivity contribution in [1.29, 1.82) is 0 Å². The minimum Gasteiger partial charge on any atom is -0.497 e. The summed E-state index contributed by atoms with van der Waals surface area (Å²) in [4.78, 5) is 10.8. The van der Waals surface area contributed by atoms with E-state index in [2.05, 4.69) is 9.46 Å². The van der Waals surface area contributed by atoms with Crippen molar-refractivity contribution in [3.8, 4) is 5.75 Å². The third-order valence-electron chi connectivity index (χ3n) is 2.98. The molecule has 0 atom stereocenters. The van der Waals surface area contributed by atoms with Crippen LogP contribution in [0.3, 0.4) is 0 Å². The molecule has 0 unspecified atom stereocenters. The molecule has 122 valence electrons. The van der Waals surface area contributed by atoms with Crippen LogP contribution in [0.1, 0.15) is 10.4 Å². The molecule has 1 N–H and O–H groups in total. The fourth-order valence-corrected chi connectivity index (χ4v) is 2.99. The van der Waals surface area contributed by atoms with E-state index in [9.17, 15) is 17.6 Å². The number of carbonyl (C=O) groups is 1. The lowest BCUT2D eigenvalue weighted by Gasteiger charge is -2.10. The Bertz CT molecular complexity index is 818. The van der Waals surface area contributed by atoms with E-state index in [0.29, 0.717) is 5.75 Å². The Morgan fingerprint density at radius 2 is 1.74 bits per heavy atom. The molecular weight excluding hydrogens is 325 g/mol. The molecule has 0 aliphatic rings. The smallest absolute Gasteiger partial charge is 0.337 e. The standard InChI is InChI=1S/C15H14FNO5S/c1-21-12-6-4-11(5-7-12)17-23(19,20)14-9-10(15(18)22-2)3-8-13(14)16/h3-9,17H,1-2H3. The molecule has 0 aliphatic heterocycles. The highest BCUT2D eigenvalue weighted by molar-refractivity contribution is 7.92. The highest BCUT2D eigenvalue weighted by Crippen LogP contribution is 2.22. The van der Waals surface area contributed by atoms with Gasteiger partial charge in [-0.1, -0.05) is 0 Å². The maximum Gasteiger partial charge on any atom is 0.337 e. The third kappa shape index (κ3) is 3.78. The van der Waals surface area contributed by atoms with Crippen molar-refractivity contribution in [3.05, 3.63) is 53.8 Å². The first-order chi connectivity index (χ1) is 10.9. The van der Waals surface area contributed by atoms with E-state index in [1.807, 2.05) is 0 Å². The number of rotatable bonds is 5. The predicted molar refractivity (Wildman–Crippen MR) is 81.5 cm³/mol. The summed E-state index contributed by atoms with van der Waals surface area (Å²) in [6.45, 7) is 0. The lowest BCUT2D eigenvalue weighted by Crippen LogP contribution is -2.15. The molecule has 0 saturated heterocycles. The summed E-state index contributed by atoms with van der Waals surface area (Å²) in [7, 11) is -1.57. The quantitative estimate of drug-likeness (QED) is 0.846. The molecule has 0 aliphatic carbocycles. The summed E-state index contributed by atoms with van der Waals surface area (Å²) in [5.74, 6) is -1.18. The van der Waals surface area contributed by atoms with Crippen molar-refractivity contribution < 1.29 is 27.1 Å². The molecule has 0 saturated carbocycles. The zero-order chi connectivity index (χ0) is 17.0. The summed E-state index contributed by atoms with van der Waals surface area (Å²) in [5.41, 5.74) is 0.165. The SMILES string of the molecule is COC(=O)c1ccc(F)c(S(=O)(=O)Nc2ccc(OC)cc2)c1. The van der Waals surface area contributed by atoms with Gasteiger partial charge in [0.15, 0.2) is 0 Å². The highest BCUT2D eigenvalue weighted by Gasteiger charge is 2.21. The van der Waals surface area contributed by atoms with E-state index in [-0.39, 0.29) is 11.3 Å². The molecule has 0 spiro atoms. The lowest BCUT2D eigenvalue weighted by atomic mass is 10.2. The Balaban J connectivity index is 2.36. The van der Waals surface area contributed by atoms with Crippen molar-refractivity contribution in [1.82, 2.24) is 0 Å². The number of halogens is 1. The summed E-state index contributed by atoms with van der Waals surface area (Å²) < 4.78 is 50.2. The van der Waals surface area contributed by atoms with E-state index in [1.165, 1.54) is 19.2 Å². The van der Waals surface area contributed by atoms with E-state index in [1.54, 1.807) is 12.1 Å². The second-order valence-electron chi connectivity index (χ2n) is 4.47. The first kappa shape index (κ1) is 16.8. The van der Waals surface area contributed by atoms with Gasteiger partial charge in [-0.3, -0.25) is 4.72 Å². The van der Waals surface area contributed by atoms with Gasteiger partial charge in [0.25, 0.3) is 10.0 Å². The molecule has 0 bridgehead atoms. The number of anilines is 1. The van der Waals surface area contributed by atoms with Gasteiger partial charge in [-0.25, -0.2) is 17.6 Å². The van der Waals surface area contributed by atoms with E-state index in [0.717, 1.165) is 25.3 Å². The molecule has 0 heterocycles. The van der Waals surface area contributed by atoms with Crippen molar-refractivity contribution in [2.75, 3.05) is 18.9 Å². The van der Waals surface area contributed by atoms with E-state index in [4.69, 9.17) is 4.74 Å². The van der Waals surface area contributed by atoms with Crippen LogP contribution in [0.15, 0.2) is 47.4 Å². The summed E-state index contributed by atoms with van der Waals surface area (Å²) >= 11 is 0. The Kier molecular flexibility index (Phi) is 4.85. The minimum atomic E-state index is -4.20. The van der Waals surface area contributed by atoms with Crippen LogP contribution in [0.4, 0.5) is 10.1 Å². The van der Waals surface area contributed by atoms with Crippen LogP contribution in [0.5, 0.6) is 5.75 Å². The van der Waals surface area contributed by atoms with Gasteiger partial charge in [0.05, 0.1) is 19.8 Å². The van der Waals surface area contributed by atoms with Crippen LogP contribution >= 0.6 is 0 Å². The van der Waals surface area contributed by atoms with Crippen LogP contribution in [-0.4, -0.2) is 28.6 Å². The predicted octanol–water partition coefficient (Wildman–Crippen LogP) is 2.42. The molecule has 0 amide bonds. The number of sulfonamides is 1. The van der Waals surface area contributed by atoms with Crippen LogP contribution in [-0.2, 0) is 14.8 Å². The van der Waals surface area contributed by atoms with Gasteiger partial charge < -0.3 is 9.47 Å². The molecule has 23 heavy (non-hydrogen) atoms. The molecular formula is C15H14FNO5S. The van der Waals surface area contributed by atoms with Crippen molar-refractivity contribution in [2.45, 2.75) is 4.90 Å². The minimum absolute atomic E-state index is 0.0657. The summed E-state index contributed by atoms with van der Waals surface area (Å²) in [6.07, 6.45) is 0. The van der Waals surface area contributed by atoms with Gasteiger partial charge in [-0.15, -0.1) is 0 Å². The van der Waals surface area contributed by atoms with Crippen LogP contribution in [0, 0.1) is 5.82 Å². The number of hydrogen-bond donors (Lipinski definition) is 1. The van der Waals surface area contributed by atoms with Crippen LogP contribution in [0.25, 0.3) is 0 Å². The number of carbonyl (C=O) groups excluding carboxylic acids is 1. The lowest BCUT2D eigenvalue weighted by molar-refractivity contribution is 0.0600. The first-order valence-electron chi connectivity index (χ1n) is 6.42. The Morgan fingerprint density at radius 3 is 2.30 bits per heavy atom. The fourth-order valence-electron chi connectivity index (χ4n) is 1.82. The van der Waals surface area contributed by atoms with Gasteiger partial charge in [0.1, 0.15) is 16.5 Å². The zero-order valence-electron chi connectivity index (χ0n) is 12.4. The second kappa shape index (κ2) is 6.66. The number of benzene rings is 2. The Hall–Kier alpha value is -2.61. The van der Waals surface area contributed by atoms with Gasteiger partial charge in [0.2, 0.25) is 0 Å². The molecule has 6 nitrogen and oxygen atoms in total. The van der Waals surface area contributed by atoms with E-state index >= 15 is 0 Å². The number of ether oxygens (including phenoxy) is 2. The van der Waals surface area contributed by atoms with Crippen LogP contribution in [0.2, 0.25) is 0 Å². The van der Waals surface area contributed by atoms with Gasteiger partial charge in [-0.2, -0.15) is 0 Å². The zero-order valence-corrected chi connectivity index (χ0v) is 13.2. The maximum atomic E-state index is 13.9.